The third-order valence-corrected chi connectivity index (χ3v) is 7.02. The largest absolute Gasteiger partial charge is 0.320 e. The minimum Gasteiger partial charge on any atom is -0.320 e. The van der Waals surface area contributed by atoms with Crippen molar-refractivity contribution in [3.8, 4) is 5.69 Å². The summed E-state index contributed by atoms with van der Waals surface area (Å²) in [5, 5.41) is 2.55. The molecule has 0 amide bonds. The van der Waals surface area contributed by atoms with E-state index in [4.69, 9.17) is 0 Å². The maximum Gasteiger partial charge on any atom is 0.0620 e. The molecule has 0 atom stereocenters. The molecule has 5 aromatic rings. The Morgan fingerprint density at radius 3 is 2.14 bits per heavy atom. The molecule has 1 aromatic heterocycles. The van der Waals surface area contributed by atoms with Gasteiger partial charge in [-0.05, 0) is 42.0 Å². The zero-order valence-electron chi connectivity index (χ0n) is 19.3. The van der Waals surface area contributed by atoms with E-state index in [0.717, 1.165) is 6.42 Å². The Morgan fingerprint density at radius 1 is 0.600 bits per heavy atom. The van der Waals surface area contributed by atoms with Crippen LogP contribution in [-0.4, -0.2) is 4.57 Å². The van der Waals surface area contributed by atoms with Crippen LogP contribution in [-0.2, 0) is 0 Å². The number of benzene rings is 4. The summed E-state index contributed by atoms with van der Waals surface area (Å²) in [5.74, 6) is 0. The summed E-state index contributed by atoms with van der Waals surface area (Å²) in [6, 6.07) is 36.8. The highest BCUT2D eigenvalue weighted by molar-refractivity contribution is 6.13. The van der Waals surface area contributed by atoms with Crippen LogP contribution in [0.2, 0.25) is 0 Å². The average molecular weight is 449 g/mol. The molecule has 2 aliphatic rings. The van der Waals surface area contributed by atoms with E-state index in [0.29, 0.717) is 0 Å². The maximum absolute atomic E-state index is 2.42. The number of nitrogens with zero attached hydrogens (tertiary/aromatic N) is 2. The summed E-state index contributed by atoms with van der Waals surface area (Å²) < 4.78 is 2.42. The van der Waals surface area contributed by atoms with Crippen molar-refractivity contribution in [2.75, 3.05) is 4.90 Å². The van der Waals surface area contributed by atoms with Gasteiger partial charge in [0.2, 0.25) is 0 Å². The molecule has 0 N–H and O–H groups in total. The Hall–Kier alpha value is -4.56. The third kappa shape index (κ3) is 3.18. The van der Waals surface area contributed by atoms with Crippen LogP contribution in [0.25, 0.3) is 33.1 Å². The molecular weight excluding hydrogens is 424 g/mol. The standard InChI is InChI=1S/C33H24N2/c1-3-12-25(13-4-1)34-22-21-24-11-9-17-28(32(34)23-24)30-19-10-18-29-27-16-7-8-20-31(27)35(33(29)30)26-14-5-2-6-15-26/h1-22H,23H2. The third-order valence-electron chi connectivity index (χ3n) is 7.02. The Kier molecular flexibility index (Phi) is 4.56. The van der Waals surface area contributed by atoms with Gasteiger partial charge in [0, 0.05) is 51.6 Å². The molecular formula is C33H24N2. The number of allylic oxidation sites excluding steroid dienone is 6. The quantitative estimate of drug-likeness (QED) is 0.269. The zero-order chi connectivity index (χ0) is 23.2. The van der Waals surface area contributed by atoms with Crippen LogP contribution >= 0.6 is 0 Å². The fourth-order valence-corrected chi connectivity index (χ4v) is 5.46. The number of hydrogen-bond acceptors (Lipinski definition) is 1. The van der Waals surface area contributed by atoms with E-state index >= 15 is 0 Å². The Balaban J connectivity index is 1.58. The lowest BCUT2D eigenvalue weighted by molar-refractivity contribution is 1.02. The molecule has 2 heteroatoms. The average Bonchev–Trinajstić information content (AvgIpc) is 3.18. The van der Waals surface area contributed by atoms with Crippen LogP contribution < -0.4 is 4.90 Å². The fourth-order valence-electron chi connectivity index (χ4n) is 5.46. The summed E-state index contributed by atoms with van der Waals surface area (Å²) >= 11 is 0. The van der Waals surface area contributed by atoms with Crippen molar-refractivity contribution < 1.29 is 0 Å². The summed E-state index contributed by atoms with van der Waals surface area (Å²) in [5.41, 5.74) is 9.97. The summed E-state index contributed by atoms with van der Waals surface area (Å²) in [6.07, 6.45) is 12.1. The Morgan fingerprint density at radius 2 is 1.31 bits per heavy atom. The summed E-state index contributed by atoms with van der Waals surface area (Å²) in [6.45, 7) is 0. The number of aromatic nitrogens is 1. The van der Waals surface area contributed by atoms with Crippen LogP contribution in [0.15, 0.2) is 145 Å². The van der Waals surface area contributed by atoms with Gasteiger partial charge in [0.25, 0.3) is 0 Å². The van der Waals surface area contributed by atoms with Gasteiger partial charge in [-0.15, -0.1) is 0 Å². The molecule has 2 nitrogen and oxygen atoms in total. The predicted octanol–water partition coefficient (Wildman–Crippen LogP) is 8.42. The molecule has 0 radical (unpaired) electrons. The van der Waals surface area contributed by atoms with E-state index in [9.17, 15) is 0 Å². The van der Waals surface area contributed by atoms with Crippen LogP contribution in [0.4, 0.5) is 5.69 Å². The van der Waals surface area contributed by atoms with Crippen molar-refractivity contribution >= 4 is 33.1 Å². The highest BCUT2D eigenvalue weighted by atomic mass is 15.1. The fraction of sp³-hybridized carbons (Fsp3) is 0.0303. The first kappa shape index (κ1) is 19.9. The molecule has 0 fully saturated rings. The molecule has 2 heterocycles. The van der Waals surface area contributed by atoms with E-state index < -0.39 is 0 Å². The van der Waals surface area contributed by atoms with Crippen molar-refractivity contribution in [2.24, 2.45) is 0 Å². The molecule has 1 aliphatic heterocycles. The topological polar surface area (TPSA) is 8.17 Å². The van der Waals surface area contributed by atoms with Gasteiger partial charge in [0.1, 0.15) is 0 Å². The molecule has 7 rings (SSSR count). The second kappa shape index (κ2) is 8.03. The normalized spacial score (nSPS) is 15.1. The number of rotatable bonds is 3. The first-order chi connectivity index (χ1) is 17.4. The lowest BCUT2D eigenvalue weighted by Gasteiger charge is -2.30. The van der Waals surface area contributed by atoms with E-state index in [-0.39, 0.29) is 0 Å². The van der Waals surface area contributed by atoms with Gasteiger partial charge in [-0.25, -0.2) is 0 Å². The molecule has 35 heavy (non-hydrogen) atoms. The van der Waals surface area contributed by atoms with Gasteiger partial charge >= 0.3 is 0 Å². The molecule has 0 unspecified atom stereocenters. The second-order valence-corrected chi connectivity index (χ2v) is 9.05. The van der Waals surface area contributed by atoms with Crippen molar-refractivity contribution in [1.82, 2.24) is 4.57 Å². The van der Waals surface area contributed by atoms with Crippen LogP contribution in [0.1, 0.15) is 12.0 Å². The minimum atomic E-state index is 0.898. The lowest BCUT2D eigenvalue weighted by atomic mass is 9.96. The Bertz CT molecular complexity index is 1700. The minimum absolute atomic E-state index is 0.898. The van der Waals surface area contributed by atoms with Gasteiger partial charge < -0.3 is 9.47 Å². The molecule has 1 aliphatic carbocycles. The van der Waals surface area contributed by atoms with Crippen LogP contribution in [0, 0.1) is 0 Å². The van der Waals surface area contributed by atoms with Crippen molar-refractivity contribution in [1.29, 1.82) is 0 Å². The van der Waals surface area contributed by atoms with Gasteiger partial charge in [-0.2, -0.15) is 0 Å². The monoisotopic (exact) mass is 448 g/mol. The van der Waals surface area contributed by atoms with Crippen molar-refractivity contribution in [3.05, 3.63) is 150 Å². The van der Waals surface area contributed by atoms with Crippen LogP contribution in [0.3, 0.4) is 0 Å². The zero-order valence-corrected chi connectivity index (χ0v) is 19.3. The Labute approximate surface area is 205 Å². The van der Waals surface area contributed by atoms with E-state index in [1.165, 1.54) is 55.6 Å². The first-order valence-electron chi connectivity index (χ1n) is 12.1. The molecule has 0 saturated carbocycles. The molecule has 4 aromatic carbocycles. The molecule has 0 spiro atoms. The van der Waals surface area contributed by atoms with Gasteiger partial charge in [-0.1, -0.05) is 91.0 Å². The predicted molar refractivity (Wildman–Crippen MR) is 148 cm³/mol. The highest BCUT2D eigenvalue weighted by Gasteiger charge is 2.24. The van der Waals surface area contributed by atoms with Crippen molar-refractivity contribution in [2.45, 2.75) is 6.42 Å². The van der Waals surface area contributed by atoms with E-state index in [1.54, 1.807) is 0 Å². The summed E-state index contributed by atoms with van der Waals surface area (Å²) in [4.78, 5) is 2.34. The lowest BCUT2D eigenvalue weighted by Crippen LogP contribution is -2.20. The van der Waals surface area contributed by atoms with Gasteiger partial charge in [0.15, 0.2) is 0 Å². The smallest absolute Gasteiger partial charge is 0.0620 e. The van der Waals surface area contributed by atoms with Crippen molar-refractivity contribution in [3.63, 3.8) is 0 Å². The van der Waals surface area contributed by atoms with E-state index in [1.807, 2.05) is 0 Å². The number of hydrogen-bond donors (Lipinski definition) is 0. The molecule has 166 valence electrons. The highest BCUT2D eigenvalue weighted by Crippen LogP contribution is 2.41. The summed E-state index contributed by atoms with van der Waals surface area (Å²) in [7, 11) is 0. The first-order valence-corrected chi connectivity index (χ1v) is 12.1. The number of para-hydroxylation sites is 4. The molecule has 2 bridgehead atoms. The maximum atomic E-state index is 2.42. The number of anilines is 1. The second-order valence-electron chi connectivity index (χ2n) is 9.05. The number of fused-ring (bicyclic) bond motifs is 5. The SMILES string of the molecule is C1=CC(c2cccc3c4ccccc4n(-c4ccccc4)c23)=C2CC(=C1)C=CN2c1ccccc1. The van der Waals surface area contributed by atoms with Gasteiger partial charge in [-0.3, -0.25) is 0 Å². The molecule has 0 saturated heterocycles. The van der Waals surface area contributed by atoms with E-state index in [2.05, 4.69) is 143 Å². The van der Waals surface area contributed by atoms with Crippen LogP contribution in [0.5, 0.6) is 0 Å². The van der Waals surface area contributed by atoms with Gasteiger partial charge in [0.05, 0.1) is 11.0 Å².